The number of benzene rings is 1. The number of likely N-dealkylation sites (tertiary alicyclic amines) is 1. The fourth-order valence-corrected chi connectivity index (χ4v) is 4.07. The third-order valence-corrected chi connectivity index (χ3v) is 6.37. The smallest absolute Gasteiger partial charge is 0.191 e. The second kappa shape index (κ2) is 10.3. The van der Waals surface area contributed by atoms with Crippen LogP contribution in [-0.2, 0) is 16.3 Å². The Morgan fingerprint density at radius 3 is 2.32 bits per heavy atom. The molecule has 1 aromatic carbocycles. The molecule has 1 aliphatic heterocycles. The summed E-state index contributed by atoms with van der Waals surface area (Å²) in [7, 11) is -3.14. The molecular weight excluding hydrogens is 372 g/mol. The van der Waals surface area contributed by atoms with Gasteiger partial charge in [-0.1, -0.05) is 18.6 Å². The summed E-state index contributed by atoms with van der Waals surface area (Å²) in [4.78, 5) is 7.72. The van der Waals surface area contributed by atoms with E-state index in [9.17, 15) is 8.42 Å². The van der Waals surface area contributed by atoms with E-state index in [1.54, 1.807) is 12.1 Å². The zero-order chi connectivity index (χ0) is 20.6. The molecule has 0 amide bonds. The van der Waals surface area contributed by atoms with Crippen LogP contribution in [0.15, 0.2) is 34.2 Å². The minimum Gasteiger partial charge on any atom is -0.357 e. The molecule has 1 heterocycles. The van der Waals surface area contributed by atoms with Gasteiger partial charge in [0, 0.05) is 24.9 Å². The van der Waals surface area contributed by atoms with Crippen LogP contribution in [0.1, 0.15) is 45.6 Å². The minimum absolute atomic E-state index is 0.0598. The molecule has 158 valence electrons. The Kier molecular flexibility index (Phi) is 8.31. The highest BCUT2D eigenvalue weighted by atomic mass is 32.2. The van der Waals surface area contributed by atoms with Crippen LogP contribution in [-0.4, -0.2) is 63.8 Å². The molecule has 1 fully saturated rings. The number of nitrogens with zero attached hydrogens (tertiary/aromatic N) is 2. The lowest BCUT2D eigenvalue weighted by Crippen LogP contribution is -2.49. The van der Waals surface area contributed by atoms with Crippen LogP contribution in [0, 0.1) is 0 Å². The summed E-state index contributed by atoms with van der Waals surface area (Å²) in [6.45, 7) is 11.3. The van der Waals surface area contributed by atoms with Crippen molar-refractivity contribution in [1.82, 2.24) is 15.5 Å². The summed E-state index contributed by atoms with van der Waals surface area (Å²) in [6.07, 6.45) is 5.94. The summed E-state index contributed by atoms with van der Waals surface area (Å²) < 4.78 is 23.1. The summed E-state index contributed by atoms with van der Waals surface area (Å²) in [5.41, 5.74) is 1.16. The van der Waals surface area contributed by atoms with E-state index in [4.69, 9.17) is 4.99 Å². The molecule has 0 atom stereocenters. The maximum Gasteiger partial charge on any atom is 0.191 e. The minimum atomic E-state index is -3.14. The highest BCUT2D eigenvalue weighted by molar-refractivity contribution is 7.90. The van der Waals surface area contributed by atoms with Crippen molar-refractivity contribution < 1.29 is 8.42 Å². The second-order valence-electron chi connectivity index (χ2n) is 8.15. The van der Waals surface area contributed by atoms with Gasteiger partial charge < -0.3 is 10.6 Å². The monoisotopic (exact) mass is 408 g/mol. The van der Waals surface area contributed by atoms with Gasteiger partial charge in [0.05, 0.1) is 11.4 Å². The van der Waals surface area contributed by atoms with Gasteiger partial charge in [0.15, 0.2) is 15.8 Å². The van der Waals surface area contributed by atoms with Gasteiger partial charge in [0.25, 0.3) is 0 Å². The van der Waals surface area contributed by atoms with Crippen molar-refractivity contribution >= 4 is 15.8 Å². The summed E-state index contributed by atoms with van der Waals surface area (Å²) in [5.74, 6) is 0.834. The van der Waals surface area contributed by atoms with E-state index >= 15 is 0 Å². The zero-order valence-electron chi connectivity index (χ0n) is 17.8. The van der Waals surface area contributed by atoms with Crippen LogP contribution < -0.4 is 10.6 Å². The number of guanidine groups is 1. The Labute approximate surface area is 170 Å². The Bertz CT molecular complexity index is 736. The first-order chi connectivity index (χ1) is 13.2. The third-order valence-electron chi connectivity index (χ3n) is 5.24. The second-order valence-corrected chi connectivity index (χ2v) is 10.2. The quantitative estimate of drug-likeness (QED) is 0.511. The average molecular weight is 409 g/mol. The topological polar surface area (TPSA) is 73.8 Å². The maximum atomic E-state index is 11.5. The third kappa shape index (κ3) is 7.09. The predicted molar refractivity (Wildman–Crippen MR) is 117 cm³/mol. The molecular formula is C21H36N4O2S. The molecule has 1 aliphatic rings. The van der Waals surface area contributed by atoms with E-state index in [0.29, 0.717) is 4.90 Å². The molecule has 0 spiro atoms. The van der Waals surface area contributed by atoms with Gasteiger partial charge >= 0.3 is 0 Å². The molecule has 2 N–H and O–H groups in total. The van der Waals surface area contributed by atoms with Crippen LogP contribution in [0.25, 0.3) is 0 Å². The van der Waals surface area contributed by atoms with Gasteiger partial charge in [0.1, 0.15) is 0 Å². The van der Waals surface area contributed by atoms with Crippen molar-refractivity contribution in [2.45, 2.75) is 56.9 Å². The van der Waals surface area contributed by atoms with Gasteiger partial charge in [-0.3, -0.25) is 9.89 Å². The molecule has 28 heavy (non-hydrogen) atoms. The summed E-state index contributed by atoms with van der Waals surface area (Å²) in [5, 5.41) is 6.71. The number of hydrogen-bond donors (Lipinski definition) is 2. The van der Waals surface area contributed by atoms with Gasteiger partial charge in [0.2, 0.25) is 0 Å². The van der Waals surface area contributed by atoms with Crippen LogP contribution in [0.2, 0.25) is 0 Å². The van der Waals surface area contributed by atoms with E-state index in [-0.39, 0.29) is 5.54 Å². The molecule has 0 unspecified atom stereocenters. The van der Waals surface area contributed by atoms with Crippen molar-refractivity contribution in [2.24, 2.45) is 4.99 Å². The standard InChI is InChI=1S/C21H36N4O2S/c1-5-22-20(24-17-21(2,3)25-15-7-6-8-16-25)23-14-13-18-9-11-19(12-10-18)28(4,26)27/h9-12H,5-8,13-17H2,1-4H3,(H2,22,23,24). The fraction of sp³-hybridized carbons (Fsp3) is 0.667. The number of hydrogen-bond acceptors (Lipinski definition) is 4. The van der Waals surface area contributed by atoms with Gasteiger partial charge in [-0.25, -0.2) is 8.42 Å². The first-order valence-corrected chi connectivity index (χ1v) is 12.2. The lowest BCUT2D eigenvalue weighted by Gasteiger charge is -2.40. The SMILES string of the molecule is CCNC(=NCC(C)(C)N1CCCCC1)NCCc1ccc(S(C)(=O)=O)cc1. The Balaban J connectivity index is 1.88. The molecule has 1 saturated heterocycles. The highest BCUT2D eigenvalue weighted by Gasteiger charge is 2.27. The molecule has 2 rings (SSSR count). The van der Waals surface area contributed by atoms with Crippen molar-refractivity contribution in [2.75, 3.05) is 39.0 Å². The Morgan fingerprint density at radius 1 is 1.11 bits per heavy atom. The van der Waals surface area contributed by atoms with E-state index in [1.165, 1.54) is 25.5 Å². The van der Waals surface area contributed by atoms with Crippen LogP contribution in [0.4, 0.5) is 0 Å². The van der Waals surface area contributed by atoms with Crippen molar-refractivity contribution in [1.29, 1.82) is 0 Å². The first-order valence-electron chi connectivity index (χ1n) is 10.3. The van der Waals surface area contributed by atoms with E-state index in [2.05, 4.69) is 36.3 Å². The molecule has 6 nitrogen and oxygen atoms in total. The zero-order valence-corrected chi connectivity index (χ0v) is 18.6. The number of rotatable bonds is 8. The van der Waals surface area contributed by atoms with Crippen molar-refractivity contribution in [3.63, 3.8) is 0 Å². The molecule has 1 aromatic rings. The normalized spacial score (nSPS) is 16.8. The molecule has 0 saturated carbocycles. The van der Waals surface area contributed by atoms with Crippen LogP contribution in [0.5, 0.6) is 0 Å². The average Bonchev–Trinajstić information content (AvgIpc) is 2.66. The molecule has 0 bridgehead atoms. The highest BCUT2D eigenvalue weighted by Crippen LogP contribution is 2.20. The fourth-order valence-electron chi connectivity index (χ4n) is 3.44. The molecule has 0 aliphatic carbocycles. The number of sulfone groups is 1. The summed E-state index contributed by atoms with van der Waals surface area (Å²) in [6, 6.07) is 7.10. The summed E-state index contributed by atoms with van der Waals surface area (Å²) >= 11 is 0. The van der Waals surface area contributed by atoms with Gasteiger partial charge in [-0.05, 0) is 70.8 Å². The molecule has 0 radical (unpaired) electrons. The largest absolute Gasteiger partial charge is 0.357 e. The van der Waals surface area contributed by atoms with Crippen molar-refractivity contribution in [3.05, 3.63) is 29.8 Å². The lowest BCUT2D eigenvalue weighted by atomic mass is 9.99. The van der Waals surface area contributed by atoms with Crippen LogP contribution >= 0.6 is 0 Å². The van der Waals surface area contributed by atoms with Gasteiger partial charge in [-0.15, -0.1) is 0 Å². The number of piperidine rings is 1. The number of nitrogens with one attached hydrogen (secondary N) is 2. The van der Waals surface area contributed by atoms with E-state index in [1.807, 2.05) is 12.1 Å². The predicted octanol–water partition coefficient (Wildman–Crippen LogP) is 2.45. The van der Waals surface area contributed by atoms with E-state index < -0.39 is 9.84 Å². The van der Waals surface area contributed by atoms with E-state index in [0.717, 1.165) is 50.7 Å². The lowest BCUT2D eigenvalue weighted by molar-refractivity contribution is 0.102. The maximum absolute atomic E-state index is 11.5. The van der Waals surface area contributed by atoms with Crippen molar-refractivity contribution in [3.8, 4) is 0 Å². The first kappa shape index (κ1) is 22.7. The number of aliphatic imine (C=N–C) groups is 1. The van der Waals surface area contributed by atoms with Gasteiger partial charge in [-0.2, -0.15) is 0 Å². The molecule has 0 aromatic heterocycles. The Morgan fingerprint density at radius 2 is 1.75 bits per heavy atom. The Hall–Kier alpha value is -1.60. The molecule has 7 heteroatoms. The van der Waals surface area contributed by atoms with Crippen LogP contribution in [0.3, 0.4) is 0 Å².